The van der Waals surface area contributed by atoms with Crippen molar-refractivity contribution < 1.29 is 14.0 Å². The summed E-state index contributed by atoms with van der Waals surface area (Å²) in [5, 5.41) is 0. The molecule has 0 saturated heterocycles. The number of halogens is 2. The minimum atomic E-state index is -0.580. The highest BCUT2D eigenvalue weighted by Gasteiger charge is 2.19. The molecule has 1 aliphatic rings. The third-order valence-electron chi connectivity index (χ3n) is 3.43. The Bertz CT molecular complexity index is 738. The van der Waals surface area contributed by atoms with E-state index in [2.05, 4.69) is 26.8 Å². The molecule has 22 heavy (non-hydrogen) atoms. The van der Waals surface area contributed by atoms with E-state index in [1.807, 2.05) is 6.07 Å². The second kappa shape index (κ2) is 6.18. The lowest BCUT2D eigenvalue weighted by atomic mass is 10.2. The van der Waals surface area contributed by atoms with E-state index in [9.17, 15) is 14.0 Å². The van der Waals surface area contributed by atoms with Gasteiger partial charge in [-0.3, -0.25) is 20.4 Å². The van der Waals surface area contributed by atoms with Gasteiger partial charge in [-0.05, 0) is 65.0 Å². The Morgan fingerprint density at radius 3 is 2.68 bits per heavy atom. The lowest BCUT2D eigenvalue weighted by Gasteiger charge is -2.08. The molecule has 4 nitrogen and oxygen atoms in total. The van der Waals surface area contributed by atoms with E-state index in [0.29, 0.717) is 9.35 Å². The fourth-order valence-corrected chi connectivity index (χ4v) is 3.93. The first-order valence-corrected chi connectivity index (χ1v) is 8.33. The van der Waals surface area contributed by atoms with E-state index < -0.39 is 11.7 Å². The Kier molecular flexibility index (Phi) is 4.26. The maximum absolute atomic E-state index is 13.2. The Balaban J connectivity index is 1.65. The number of hydrazine groups is 1. The molecule has 0 saturated carbocycles. The predicted molar refractivity (Wildman–Crippen MR) is 85.4 cm³/mol. The van der Waals surface area contributed by atoms with Crippen molar-refractivity contribution in [2.45, 2.75) is 19.3 Å². The SMILES string of the molecule is O=C(NNC(=O)c1cc(F)ccc1Br)c1cc2c(s1)CCC2. The van der Waals surface area contributed by atoms with Crippen LogP contribution in [0.2, 0.25) is 0 Å². The molecule has 1 aliphatic carbocycles. The van der Waals surface area contributed by atoms with Crippen LogP contribution >= 0.6 is 27.3 Å². The largest absolute Gasteiger partial charge is 0.279 e. The molecule has 114 valence electrons. The Labute approximate surface area is 138 Å². The van der Waals surface area contributed by atoms with Crippen LogP contribution in [0.15, 0.2) is 28.7 Å². The number of carbonyl (C=O) groups excluding carboxylic acids is 2. The van der Waals surface area contributed by atoms with Crippen LogP contribution in [0.5, 0.6) is 0 Å². The highest BCUT2D eigenvalue weighted by atomic mass is 79.9. The standard InChI is InChI=1S/C15H12BrFN2O2S/c16-11-5-4-9(17)7-10(11)14(20)18-19-15(21)13-6-8-2-1-3-12(8)22-13/h4-7H,1-3H2,(H,18,20)(H,19,21). The van der Waals surface area contributed by atoms with Crippen LogP contribution in [-0.4, -0.2) is 11.8 Å². The van der Waals surface area contributed by atoms with E-state index in [0.717, 1.165) is 25.3 Å². The van der Waals surface area contributed by atoms with Crippen LogP contribution in [0.1, 0.15) is 36.9 Å². The highest BCUT2D eigenvalue weighted by Crippen LogP contribution is 2.30. The molecule has 1 aromatic heterocycles. The first-order valence-electron chi connectivity index (χ1n) is 6.72. The number of rotatable bonds is 2. The lowest BCUT2D eigenvalue weighted by Crippen LogP contribution is -2.41. The molecule has 0 aliphatic heterocycles. The number of nitrogens with one attached hydrogen (secondary N) is 2. The van der Waals surface area contributed by atoms with Crippen molar-refractivity contribution >= 4 is 39.1 Å². The van der Waals surface area contributed by atoms with E-state index in [1.54, 1.807) is 0 Å². The number of aryl methyl sites for hydroxylation is 2. The van der Waals surface area contributed by atoms with Crippen molar-refractivity contribution in [2.24, 2.45) is 0 Å². The van der Waals surface area contributed by atoms with E-state index >= 15 is 0 Å². The third kappa shape index (κ3) is 3.05. The Hall–Kier alpha value is -1.73. The van der Waals surface area contributed by atoms with Crippen LogP contribution in [0.3, 0.4) is 0 Å². The number of hydrogen-bond acceptors (Lipinski definition) is 3. The van der Waals surface area contributed by atoms with Gasteiger partial charge in [0.25, 0.3) is 11.8 Å². The summed E-state index contributed by atoms with van der Waals surface area (Å²) in [6, 6.07) is 5.65. The minimum Gasteiger partial charge on any atom is -0.267 e. The number of amides is 2. The first kappa shape index (κ1) is 15.2. The molecular formula is C15H12BrFN2O2S. The van der Waals surface area contributed by atoms with Crippen LogP contribution < -0.4 is 10.9 Å². The van der Waals surface area contributed by atoms with Gasteiger partial charge in [0.2, 0.25) is 0 Å². The zero-order valence-corrected chi connectivity index (χ0v) is 13.8. The molecule has 0 bridgehead atoms. The summed E-state index contributed by atoms with van der Waals surface area (Å²) in [6.07, 6.45) is 3.14. The molecule has 1 aromatic carbocycles. The van der Waals surface area contributed by atoms with Gasteiger partial charge in [0.1, 0.15) is 5.82 Å². The van der Waals surface area contributed by atoms with Gasteiger partial charge in [-0.25, -0.2) is 4.39 Å². The van der Waals surface area contributed by atoms with Gasteiger partial charge in [0.05, 0.1) is 10.4 Å². The molecular weight excluding hydrogens is 371 g/mol. The molecule has 0 fully saturated rings. The topological polar surface area (TPSA) is 58.2 Å². The van der Waals surface area contributed by atoms with Crippen molar-refractivity contribution in [1.29, 1.82) is 0 Å². The number of carbonyl (C=O) groups is 2. The van der Waals surface area contributed by atoms with Crippen molar-refractivity contribution in [1.82, 2.24) is 10.9 Å². The average Bonchev–Trinajstić information content (AvgIpc) is 3.08. The van der Waals surface area contributed by atoms with Crippen molar-refractivity contribution in [3.8, 4) is 0 Å². The number of benzene rings is 1. The Morgan fingerprint density at radius 1 is 1.14 bits per heavy atom. The molecule has 2 amide bonds. The van der Waals surface area contributed by atoms with E-state index in [-0.39, 0.29) is 11.5 Å². The quantitative estimate of drug-likeness (QED) is 0.783. The fourth-order valence-electron chi connectivity index (χ4n) is 2.35. The van der Waals surface area contributed by atoms with Crippen molar-refractivity contribution in [3.05, 3.63) is 55.4 Å². The summed E-state index contributed by atoms with van der Waals surface area (Å²) in [7, 11) is 0. The smallest absolute Gasteiger partial charge is 0.267 e. The second-order valence-corrected chi connectivity index (χ2v) is 6.94. The fraction of sp³-hybridized carbons (Fsp3) is 0.200. The number of fused-ring (bicyclic) bond motifs is 1. The molecule has 0 unspecified atom stereocenters. The van der Waals surface area contributed by atoms with Gasteiger partial charge in [0, 0.05) is 9.35 Å². The Morgan fingerprint density at radius 2 is 1.91 bits per heavy atom. The van der Waals surface area contributed by atoms with Crippen LogP contribution in [-0.2, 0) is 12.8 Å². The molecule has 0 spiro atoms. The molecule has 2 N–H and O–H groups in total. The average molecular weight is 383 g/mol. The summed E-state index contributed by atoms with van der Waals surface area (Å²) in [6.45, 7) is 0. The van der Waals surface area contributed by atoms with Crippen LogP contribution in [0.4, 0.5) is 4.39 Å². The molecule has 0 radical (unpaired) electrons. The van der Waals surface area contributed by atoms with Crippen LogP contribution in [0, 0.1) is 5.82 Å². The van der Waals surface area contributed by atoms with E-state index in [4.69, 9.17) is 0 Å². The van der Waals surface area contributed by atoms with Gasteiger partial charge in [0.15, 0.2) is 0 Å². The van der Waals surface area contributed by atoms with Gasteiger partial charge >= 0.3 is 0 Å². The summed E-state index contributed by atoms with van der Waals surface area (Å²) in [4.78, 5) is 25.8. The van der Waals surface area contributed by atoms with Crippen molar-refractivity contribution in [2.75, 3.05) is 0 Å². The summed E-state index contributed by atoms with van der Waals surface area (Å²) >= 11 is 4.63. The van der Waals surface area contributed by atoms with Gasteiger partial charge in [-0.2, -0.15) is 0 Å². The predicted octanol–water partition coefficient (Wildman–Crippen LogP) is 3.21. The molecule has 0 atom stereocenters. The molecule has 7 heteroatoms. The van der Waals surface area contributed by atoms with Gasteiger partial charge in [-0.1, -0.05) is 0 Å². The number of hydrogen-bond donors (Lipinski definition) is 2. The monoisotopic (exact) mass is 382 g/mol. The van der Waals surface area contributed by atoms with Crippen molar-refractivity contribution in [3.63, 3.8) is 0 Å². The lowest BCUT2D eigenvalue weighted by molar-refractivity contribution is 0.0848. The zero-order chi connectivity index (χ0) is 15.7. The summed E-state index contributed by atoms with van der Waals surface area (Å²) in [5.74, 6) is -1.46. The molecule has 1 heterocycles. The second-order valence-electron chi connectivity index (χ2n) is 4.95. The maximum atomic E-state index is 13.2. The summed E-state index contributed by atoms with van der Waals surface area (Å²) in [5.41, 5.74) is 6.00. The third-order valence-corrected chi connectivity index (χ3v) is 5.36. The zero-order valence-electron chi connectivity index (χ0n) is 11.4. The first-order chi connectivity index (χ1) is 10.5. The molecule has 2 aromatic rings. The number of thiophene rings is 1. The minimum absolute atomic E-state index is 0.119. The van der Waals surface area contributed by atoms with E-state index in [1.165, 1.54) is 33.9 Å². The molecule has 3 rings (SSSR count). The van der Waals surface area contributed by atoms with Gasteiger partial charge < -0.3 is 0 Å². The van der Waals surface area contributed by atoms with Crippen LogP contribution in [0.25, 0.3) is 0 Å². The maximum Gasteiger partial charge on any atom is 0.279 e. The summed E-state index contributed by atoms with van der Waals surface area (Å²) < 4.78 is 13.6. The normalized spacial score (nSPS) is 12.8. The highest BCUT2D eigenvalue weighted by molar-refractivity contribution is 9.10. The van der Waals surface area contributed by atoms with Gasteiger partial charge in [-0.15, -0.1) is 11.3 Å².